The molecule has 1 saturated carbocycles. The highest BCUT2D eigenvalue weighted by atomic mass is 32.1. The molecular weight excluding hydrogens is 276 g/mol. The standard InChI is InChI=1S/C14H20N2O3S/c1-10-8-13(20-16-10)15-12(17)9-11-2-4-14(5-3-11)18-6-7-19-14/h8,11H,2-7,9H2,1H3,(H,15,17). The van der Waals surface area contributed by atoms with Gasteiger partial charge in [0, 0.05) is 19.3 Å². The van der Waals surface area contributed by atoms with E-state index in [1.54, 1.807) is 0 Å². The molecule has 20 heavy (non-hydrogen) atoms. The van der Waals surface area contributed by atoms with Crippen molar-refractivity contribution in [3.05, 3.63) is 11.8 Å². The van der Waals surface area contributed by atoms with Gasteiger partial charge in [-0.05, 0) is 43.3 Å². The van der Waals surface area contributed by atoms with Crippen LogP contribution in [0.4, 0.5) is 5.00 Å². The first kappa shape index (κ1) is 14.0. The van der Waals surface area contributed by atoms with E-state index in [0.29, 0.717) is 25.6 Å². The monoisotopic (exact) mass is 296 g/mol. The summed E-state index contributed by atoms with van der Waals surface area (Å²) in [6.07, 6.45) is 4.38. The fraction of sp³-hybridized carbons (Fsp3) is 0.714. The van der Waals surface area contributed by atoms with Crippen LogP contribution in [-0.2, 0) is 14.3 Å². The zero-order valence-electron chi connectivity index (χ0n) is 11.7. The predicted molar refractivity (Wildman–Crippen MR) is 76.7 cm³/mol. The highest BCUT2D eigenvalue weighted by Crippen LogP contribution is 2.39. The van der Waals surface area contributed by atoms with Gasteiger partial charge in [0.25, 0.3) is 0 Å². The predicted octanol–water partition coefficient (Wildman–Crippen LogP) is 2.71. The lowest BCUT2D eigenvalue weighted by Gasteiger charge is -2.35. The van der Waals surface area contributed by atoms with Gasteiger partial charge in [-0.2, -0.15) is 4.37 Å². The lowest BCUT2D eigenvalue weighted by Crippen LogP contribution is -2.35. The van der Waals surface area contributed by atoms with Gasteiger partial charge < -0.3 is 14.8 Å². The van der Waals surface area contributed by atoms with Gasteiger partial charge in [0.05, 0.1) is 18.9 Å². The fourth-order valence-electron chi connectivity index (χ4n) is 2.98. The number of aryl methyl sites for hydroxylation is 1. The molecule has 110 valence electrons. The average Bonchev–Trinajstić information content (AvgIpc) is 3.03. The van der Waals surface area contributed by atoms with Crippen molar-refractivity contribution < 1.29 is 14.3 Å². The second-order valence-corrected chi connectivity index (χ2v) is 6.44. The minimum atomic E-state index is -0.332. The molecule has 2 aliphatic rings. The van der Waals surface area contributed by atoms with E-state index in [0.717, 1.165) is 36.4 Å². The fourth-order valence-corrected chi connectivity index (χ4v) is 3.66. The molecule has 6 heteroatoms. The number of hydrogen-bond acceptors (Lipinski definition) is 5. The highest BCUT2D eigenvalue weighted by Gasteiger charge is 2.40. The maximum absolute atomic E-state index is 12.0. The molecule has 0 unspecified atom stereocenters. The van der Waals surface area contributed by atoms with Crippen molar-refractivity contribution in [1.29, 1.82) is 0 Å². The van der Waals surface area contributed by atoms with Gasteiger partial charge in [-0.1, -0.05) is 0 Å². The molecule has 2 heterocycles. The van der Waals surface area contributed by atoms with Gasteiger partial charge in [0.15, 0.2) is 5.79 Å². The quantitative estimate of drug-likeness (QED) is 0.931. The first-order valence-corrected chi connectivity index (χ1v) is 7.94. The molecule has 1 amide bonds. The van der Waals surface area contributed by atoms with Crippen LogP contribution in [0.2, 0.25) is 0 Å². The van der Waals surface area contributed by atoms with Gasteiger partial charge in [-0.3, -0.25) is 4.79 Å². The summed E-state index contributed by atoms with van der Waals surface area (Å²) in [5, 5.41) is 3.76. The van der Waals surface area contributed by atoms with E-state index >= 15 is 0 Å². The van der Waals surface area contributed by atoms with Crippen LogP contribution in [0.3, 0.4) is 0 Å². The third-order valence-corrected chi connectivity index (χ3v) is 4.84. The van der Waals surface area contributed by atoms with Crippen LogP contribution < -0.4 is 5.32 Å². The summed E-state index contributed by atoms with van der Waals surface area (Å²) in [4.78, 5) is 12.0. The Kier molecular flexibility index (Phi) is 4.05. The summed E-state index contributed by atoms with van der Waals surface area (Å²) >= 11 is 1.33. The minimum absolute atomic E-state index is 0.0860. The number of hydrogen-bond donors (Lipinski definition) is 1. The summed E-state index contributed by atoms with van der Waals surface area (Å²) in [7, 11) is 0. The molecule has 1 aromatic rings. The number of rotatable bonds is 3. The van der Waals surface area contributed by atoms with Crippen LogP contribution in [0.25, 0.3) is 0 Å². The Hall–Kier alpha value is -0.980. The number of carbonyl (C=O) groups is 1. The number of anilines is 1. The zero-order chi connectivity index (χ0) is 14.0. The minimum Gasteiger partial charge on any atom is -0.348 e. The molecule has 3 rings (SSSR count). The summed E-state index contributed by atoms with van der Waals surface area (Å²) < 4.78 is 15.6. The average molecular weight is 296 g/mol. The summed E-state index contributed by atoms with van der Waals surface area (Å²) in [5.74, 6) is 0.187. The molecule has 0 aromatic carbocycles. The largest absolute Gasteiger partial charge is 0.348 e. The molecule has 0 atom stereocenters. The molecule has 1 spiro atoms. The smallest absolute Gasteiger partial charge is 0.225 e. The normalized spacial score (nSPS) is 22.2. The molecule has 2 fully saturated rings. The molecule has 0 bridgehead atoms. The van der Waals surface area contributed by atoms with Gasteiger partial charge in [0.1, 0.15) is 5.00 Å². The summed E-state index contributed by atoms with van der Waals surface area (Å²) in [6.45, 7) is 3.33. The van der Waals surface area contributed by atoms with Crippen LogP contribution in [0, 0.1) is 12.8 Å². The maximum Gasteiger partial charge on any atom is 0.225 e. The molecule has 0 radical (unpaired) electrons. The van der Waals surface area contributed by atoms with Crippen molar-refractivity contribution in [3.63, 3.8) is 0 Å². The Bertz CT molecular complexity index is 473. The van der Waals surface area contributed by atoms with Crippen molar-refractivity contribution in [1.82, 2.24) is 4.37 Å². The lowest BCUT2D eigenvalue weighted by atomic mass is 9.83. The molecular formula is C14H20N2O3S. The number of nitrogens with zero attached hydrogens (tertiary/aromatic N) is 1. The van der Waals surface area contributed by atoms with E-state index in [4.69, 9.17) is 9.47 Å². The van der Waals surface area contributed by atoms with Gasteiger partial charge in [-0.25, -0.2) is 0 Å². The van der Waals surface area contributed by atoms with Crippen molar-refractivity contribution in [2.75, 3.05) is 18.5 Å². The zero-order valence-corrected chi connectivity index (χ0v) is 12.5. The van der Waals surface area contributed by atoms with Gasteiger partial charge >= 0.3 is 0 Å². The van der Waals surface area contributed by atoms with Crippen LogP contribution in [0.15, 0.2) is 6.07 Å². The lowest BCUT2D eigenvalue weighted by molar-refractivity contribution is -0.183. The molecule has 1 aliphatic heterocycles. The molecule has 1 aromatic heterocycles. The first-order valence-electron chi connectivity index (χ1n) is 7.16. The third-order valence-electron chi connectivity index (χ3n) is 4.05. The Balaban J connectivity index is 1.46. The van der Waals surface area contributed by atoms with Crippen LogP contribution in [0.5, 0.6) is 0 Å². The Morgan fingerprint density at radius 3 is 2.75 bits per heavy atom. The maximum atomic E-state index is 12.0. The third kappa shape index (κ3) is 3.19. The summed E-state index contributed by atoms with van der Waals surface area (Å²) in [6, 6.07) is 1.90. The van der Waals surface area contributed by atoms with Crippen LogP contribution >= 0.6 is 11.5 Å². The second-order valence-electron chi connectivity index (χ2n) is 5.64. The van der Waals surface area contributed by atoms with E-state index in [9.17, 15) is 4.79 Å². The SMILES string of the molecule is Cc1cc(NC(=O)CC2CCC3(CC2)OCCO3)sn1. The van der Waals surface area contributed by atoms with E-state index in [2.05, 4.69) is 9.69 Å². The number of ether oxygens (including phenoxy) is 2. The molecule has 1 N–H and O–H groups in total. The Morgan fingerprint density at radius 2 is 2.15 bits per heavy atom. The second kappa shape index (κ2) is 5.79. The topological polar surface area (TPSA) is 60.5 Å². The first-order chi connectivity index (χ1) is 9.65. The Morgan fingerprint density at radius 1 is 1.45 bits per heavy atom. The Labute approximate surface area is 122 Å². The highest BCUT2D eigenvalue weighted by molar-refractivity contribution is 7.10. The van der Waals surface area contributed by atoms with Crippen molar-refractivity contribution in [2.45, 2.75) is 44.8 Å². The van der Waals surface area contributed by atoms with Crippen molar-refractivity contribution in [2.24, 2.45) is 5.92 Å². The number of nitrogens with one attached hydrogen (secondary N) is 1. The molecule has 1 saturated heterocycles. The van der Waals surface area contributed by atoms with E-state index < -0.39 is 0 Å². The number of aromatic nitrogens is 1. The number of amides is 1. The van der Waals surface area contributed by atoms with E-state index in [-0.39, 0.29) is 11.7 Å². The van der Waals surface area contributed by atoms with Crippen LogP contribution in [0.1, 0.15) is 37.8 Å². The van der Waals surface area contributed by atoms with Gasteiger partial charge in [-0.15, -0.1) is 0 Å². The van der Waals surface area contributed by atoms with E-state index in [1.807, 2.05) is 13.0 Å². The van der Waals surface area contributed by atoms with Crippen molar-refractivity contribution >= 4 is 22.4 Å². The van der Waals surface area contributed by atoms with Gasteiger partial charge in [0.2, 0.25) is 5.91 Å². The van der Waals surface area contributed by atoms with Crippen LogP contribution in [-0.4, -0.2) is 29.3 Å². The van der Waals surface area contributed by atoms with E-state index in [1.165, 1.54) is 11.5 Å². The molecule has 1 aliphatic carbocycles. The number of carbonyl (C=O) groups excluding carboxylic acids is 1. The molecule has 5 nitrogen and oxygen atoms in total. The summed E-state index contributed by atoms with van der Waals surface area (Å²) in [5.41, 5.74) is 0.945. The van der Waals surface area contributed by atoms with Crippen molar-refractivity contribution in [3.8, 4) is 0 Å².